The van der Waals surface area contributed by atoms with Crippen molar-refractivity contribution < 1.29 is 23.9 Å². The number of aliphatic hydroxyl groups excluding tert-OH is 1. The number of likely N-dealkylation sites (tertiary alicyclic amines) is 1. The summed E-state index contributed by atoms with van der Waals surface area (Å²) < 4.78 is 5.82. The molecule has 0 unspecified atom stereocenters. The highest BCUT2D eigenvalue weighted by atomic mass is 35.5. The van der Waals surface area contributed by atoms with Gasteiger partial charge in [0.25, 0.3) is 5.91 Å². The molecule has 9 nitrogen and oxygen atoms in total. The number of piperidine rings is 1. The summed E-state index contributed by atoms with van der Waals surface area (Å²) in [6.07, 6.45) is 4.79. The first-order valence-corrected chi connectivity index (χ1v) is 13.0. The molecule has 1 saturated carbocycles. The van der Waals surface area contributed by atoms with E-state index in [2.05, 4.69) is 15.6 Å². The van der Waals surface area contributed by atoms with Gasteiger partial charge in [-0.15, -0.1) is 0 Å². The van der Waals surface area contributed by atoms with E-state index in [-0.39, 0.29) is 35.5 Å². The number of aromatic nitrogens is 1. The van der Waals surface area contributed by atoms with Gasteiger partial charge >= 0.3 is 0 Å². The Morgan fingerprint density at radius 2 is 1.65 bits per heavy atom. The fourth-order valence-electron chi connectivity index (χ4n) is 5.12. The van der Waals surface area contributed by atoms with Gasteiger partial charge in [0.15, 0.2) is 0 Å². The van der Waals surface area contributed by atoms with Gasteiger partial charge in [0.1, 0.15) is 17.1 Å². The van der Waals surface area contributed by atoms with Crippen LogP contribution in [0.2, 0.25) is 5.02 Å². The minimum atomic E-state index is -0.540. The van der Waals surface area contributed by atoms with Crippen LogP contribution in [-0.2, 0) is 9.59 Å². The fraction of sp³-hybridized carbons (Fsp3) is 0.407. The van der Waals surface area contributed by atoms with E-state index in [9.17, 15) is 19.5 Å². The molecule has 2 aliphatic rings. The molecule has 3 aromatic rings. The van der Waals surface area contributed by atoms with E-state index < -0.39 is 5.91 Å². The van der Waals surface area contributed by atoms with Crippen molar-refractivity contribution in [3.05, 3.63) is 53.4 Å². The van der Waals surface area contributed by atoms with Crippen LogP contribution < -0.4 is 10.6 Å². The van der Waals surface area contributed by atoms with Crippen molar-refractivity contribution in [1.29, 1.82) is 0 Å². The summed E-state index contributed by atoms with van der Waals surface area (Å²) in [5.74, 6) is -0.682. The standard InChI is InChI=1S/C27H29ClN4O5/c28-18-9-10-22(29-15-18)30-26(35)24-23(20-3-1-2-4-21(20)37-24)31-25(34)16-5-7-17(8-6-16)27(36)32-13-11-19(33)12-14-32/h1-4,9-10,15-17,19,33H,5-8,11-14H2,(H,31,34)(H,29,30,35). The first-order valence-electron chi connectivity index (χ1n) is 12.6. The highest BCUT2D eigenvalue weighted by Crippen LogP contribution is 2.35. The van der Waals surface area contributed by atoms with E-state index in [0.29, 0.717) is 79.1 Å². The molecule has 37 heavy (non-hydrogen) atoms. The van der Waals surface area contributed by atoms with Gasteiger partial charge < -0.3 is 25.1 Å². The van der Waals surface area contributed by atoms with Gasteiger partial charge in [-0.1, -0.05) is 23.7 Å². The molecule has 1 saturated heterocycles. The second-order valence-electron chi connectivity index (χ2n) is 9.71. The zero-order valence-corrected chi connectivity index (χ0v) is 21.0. The molecule has 5 rings (SSSR count). The second-order valence-corrected chi connectivity index (χ2v) is 10.1. The Morgan fingerprint density at radius 3 is 2.35 bits per heavy atom. The Morgan fingerprint density at radius 1 is 0.946 bits per heavy atom. The van der Waals surface area contributed by atoms with E-state index in [1.165, 1.54) is 6.20 Å². The number of para-hydroxylation sites is 1. The first-order chi connectivity index (χ1) is 17.9. The SMILES string of the molecule is O=C(Nc1ccc(Cl)cn1)c1oc2ccccc2c1NC(=O)C1CCC(C(=O)N2CCC(O)CC2)CC1. The van der Waals surface area contributed by atoms with Crippen molar-refractivity contribution in [2.75, 3.05) is 23.7 Å². The Hall–Kier alpha value is -3.43. The number of carbonyl (C=O) groups is 3. The number of nitrogens with zero attached hydrogens (tertiary/aromatic N) is 2. The lowest BCUT2D eigenvalue weighted by Crippen LogP contribution is -2.44. The molecular formula is C27H29ClN4O5. The van der Waals surface area contributed by atoms with Crippen molar-refractivity contribution in [3.63, 3.8) is 0 Å². The van der Waals surface area contributed by atoms with Gasteiger partial charge in [-0.25, -0.2) is 4.98 Å². The minimum Gasteiger partial charge on any atom is -0.449 e. The van der Waals surface area contributed by atoms with Gasteiger partial charge in [0.05, 0.1) is 11.1 Å². The van der Waals surface area contributed by atoms with Gasteiger partial charge in [-0.3, -0.25) is 14.4 Å². The third-order valence-electron chi connectivity index (χ3n) is 7.24. The number of amides is 3. The molecule has 194 valence electrons. The van der Waals surface area contributed by atoms with E-state index in [1.54, 1.807) is 30.3 Å². The number of fused-ring (bicyclic) bond motifs is 1. The van der Waals surface area contributed by atoms with Gasteiger partial charge in [-0.2, -0.15) is 0 Å². The zero-order valence-electron chi connectivity index (χ0n) is 20.3. The van der Waals surface area contributed by atoms with Crippen LogP contribution in [0.4, 0.5) is 11.5 Å². The van der Waals surface area contributed by atoms with Crippen molar-refractivity contribution in [1.82, 2.24) is 9.88 Å². The van der Waals surface area contributed by atoms with Crippen LogP contribution in [0.15, 0.2) is 47.0 Å². The number of rotatable bonds is 5. The molecular weight excluding hydrogens is 496 g/mol. The Balaban J connectivity index is 1.26. The molecule has 0 bridgehead atoms. The zero-order chi connectivity index (χ0) is 25.9. The lowest BCUT2D eigenvalue weighted by Gasteiger charge is -2.35. The molecule has 3 heterocycles. The number of aliphatic hydroxyl groups is 1. The van der Waals surface area contributed by atoms with E-state index >= 15 is 0 Å². The van der Waals surface area contributed by atoms with Crippen LogP contribution in [0, 0.1) is 11.8 Å². The number of anilines is 2. The third kappa shape index (κ3) is 5.62. The average Bonchev–Trinajstić information content (AvgIpc) is 3.28. The summed E-state index contributed by atoms with van der Waals surface area (Å²) in [5, 5.41) is 16.4. The summed E-state index contributed by atoms with van der Waals surface area (Å²) in [4.78, 5) is 45.1. The van der Waals surface area contributed by atoms with E-state index in [4.69, 9.17) is 16.0 Å². The van der Waals surface area contributed by atoms with Crippen molar-refractivity contribution in [2.24, 2.45) is 11.8 Å². The minimum absolute atomic E-state index is 0.0116. The van der Waals surface area contributed by atoms with E-state index in [1.807, 2.05) is 11.0 Å². The normalized spacial score (nSPS) is 20.5. The second kappa shape index (κ2) is 10.9. The Bertz CT molecular complexity index is 1290. The number of hydrogen-bond donors (Lipinski definition) is 3. The molecule has 0 radical (unpaired) electrons. The van der Waals surface area contributed by atoms with Crippen LogP contribution in [-0.4, -0.2) is 51.9 Å². The first kappa shape index (κ1) is 25.2. The lowest BCUT2D eigenvalue weighted by molar-refractivity contribution is -0.139. The molecule has 2 aromatic heterocycles. The molecule has 1 aromatic carbocycles. The number of benzene rings is 1. The van der Waals surface area contributed by atoms with Crippen LogP contribution in [0.1, 0.15) is 49.1 Å². The Kier molecular flexibility index (Phi) is 7.43. The number of pyridine rings is 1. The van der Waals surface area contributed by atoms with Crippen LogP contribution in [0.3, 0.4) is 0 Å². The average molecular weight is 525 g/mol. The summed E-state index contributed by atoms with van der Waals surface area (Å²) in [6, 6.07) is 10.3. The Labute approximate surface area is 219 Å². The number of furan rings is 1. The maximum atomic E-state index is 13.3. The van der Waals surface area contributed by atoms with Crippen LogP contribution in [0.5, 0.6) is 0 Å². The maximum Gasteiger partial charge on any atom is 0.294 e. The molecule has 3 amide bonds. The smallest absolute Gasteiger partial charge is 0.294 e. The number of nitrogens with one attached hydrogen (secondary N) is 2. The fourth-order valence-corrected chi connectivity index (χ4v) is 5.24. The molecule has 0 spiro atoms. The molecule has 3 N–H and O–H groups in total. The predicted octanol–water partition coefficient (Wildman–Crippen LogP) is 4.46. The molecule has 10 heteroatoms. The number of carbonyl (C=O) groups excluding carboxylic acids is 3. The molecule has 2 fully saturated rings. The van der Waals surface area contributed by atoms with E-state index in [0.717, 1.165) is 0 Å². The number of hydrogen-bond acceptors (Lipinski definition) is 6. The predicted molar refractivity (Wildman–Crippen MR) is 139 cm³/mol. The highest BCUT2D eigenvalue weighted by molar-refractivity contribution is 6.30. The van der Waals surface area contributed by atoms with Crippen LogP contribution in [0.25, 0.3) is 11.0 Å². The monoisotopic (exact) mass is 524 g/mol. The quantitative estimate of drug-likeness (QED) is 0.452. The van der Waals surface area contributed by atoms with Gasteiger partial charge in [-0.05, 0) is 62.8 Å². The lowest BCUT2D eigenvalue weighted by atomic mass is 9.80. The van der Waals surface area contributed by atoms with Crippen molar-refractivity contribution >= 4 is 51.8 Å². The highest BCUT2D eigenvalue weighted by Gasteiger charge is 2.34. The summed E-state index contributed by atoms with van der Waals surface area (Å²) in [5.41, 5.74) is 0.796. The van der Waals surface area contributed by atoms with Gasteiger partial charge in [0, 0.05) is 36.5 Å². The van der Waals surface area contributed by atoms with Crippen molar-refractivity contribution in [2.45, 2.75) is 44.6 Å². The summed E-state index contributed by atoms with van der Waals surface area (Å²) in [7, 11) is 0. The van der Waals surface area contributed by atoms with Crippen molar-refractivity contribution in [3.8, 4) is 0 Å². The molecule has 1 aliphatic heterocycles. The molecule has 1 aliphatic carbocycles. The topological polar surface area (TPSA) is 125 Å². The van der Waals surface area contributed by atoms with Gasteiger partial charge in [0.2, 0.25) is 17.6 Å². The maximum absolute atomic E-state index is 13.3. The van der Waals surface area contributed by atoms with Crippen LogP contribution >= 0.6 is 11.6 Å². The number of halogens is 1. The summed E-state index contributed by atoms with van der Waals surface area (Å²) >= 11 is 5.87. The summed E-state index contributed by atoms with van der Waals surface area (Å²) in [6.45, 7) is 1.18. The molecule has 0 atom stereocenters. The largest absolute Gasteiger partial charge is 0.449 e. The third-order valence-corrected chi connectivity index (χ3v) is 7.47.